The van der Waals surface area contributed by atoms with Crippen molar-refractivity contribution in [3.63, 3.8) is 0 Å². The van der Waals surface area contributed by atoms with Gasteiger partial charge in [0.05, 0.1) is 5.60 Å². The Morgan fingerprint density at radius 1 is 1.42 bits per heavy atom. The molecule has 1 nitrogen and oxygen atoms in total. The minimum Gasteiger partial charge on any atom is -0.390 e. The van der Waals surface area contributed by atoms with Crippen LogP contribution in [-0.2, 0) is 0 Å². The zero-order valence-electron chi connectivity index (χ0n) is 8.59. The molecule has 0 heterocycles. The first kappa shape index (κ1) is 8.55. The Morgan fingerprint density at radius 3 is 2.25 bits per heavy atom. The van der Waals surface area contributed by atoms with Crippen LogP contribution in [0.25, 0.3) is 0 Å². The monoisotopic (exact) mass is 168 g/mol. The van der Waals surface area contributed by atoms with Gasteiger partial charge in [-0.15, -0.1) is 0 Å². The summed E-state index contributed by atoms with van der Waals surface area (Å²) in [6.07, 6.45) is 2.39. The number of hydrogen-bond acceptors (Lipinski definition) is 1. The lowest BCUT2D eigenvalue weighted by Gasteiger charge is -2.27. The summed E-state index contributed by atoms with van der Waals surface area (Å²) in [5.41, 5.74) is 0.135. The Kier molecular flexibility index (Phi) is 1.47. The minimum absolute atomic E-state index is 0.382. The highest BCUT2D eigenvalue weighted by Crippen LogP contribution is 2.72. The van der Waals surface area contributed by atoms with Crippen LogP contribution in [-0.4, -0.2) is 10.7 Å². The lowest BCUT2D eigenvalue weighted by atomic mass is 9.85. The predicted octanol–water partition coefficient (Wildman–Crippen LogP) is 2.44. The van der Waals surface area contributed by atoms with Crippen LogP contribution in [0, 0.1) is 23.2 Å². The van der Waals surface area contributed by atoms with Crippen molar-refractivity contribution >= 4 is 0 Å². The van der Waals surface area contributed by atoms with Crippen molar-refractivity contribution in [2.45, 2.75) is 46.1 Å². The third-order valence-corrected chi connectivity index (χ3v) is 4.60. The summed E-state index contributed by atoms with van der Waals surface area (Å²) in [5.74, 6) is 2.08. The lowest BCUT2D eigenvalue weighted by Crippen LogP contribution is -2.30. The van der Waals surface area contributed by atoms with Crippen LogP contribution < -0.4 is 0 Å². The van der Waals surface area contributed by atoms with Gasteiger partial charge in [-0.05, 0) is 42.9 Å². The first-order valence-corrected chi connectivity index (χ1v) is 5.12. The van der Waals surface area contributed by atoms with Gasteiger partial charge in [0.2, 0.25) is 0 Å². The average molecular weight is 168 g/mol. The summed E-state index contributed by atoms with van der Waals surface area (Å²) in [4.78, 5) is 0. The van der Waals surface area contributed by atoms with E-state index in [1.165, 1.54) is 6.42 Å². The molecule has 2 saturated carbocycles. The van der Waals surface area contributed by atoms with E-state index in [9.17, 15) is 5.11 Å². The molecule has 1 N–H and O–H groups in total. The zero-order valence-corrected chi connectivity index (χ0v) is 8.59. The molecule has 0 amide bonds. The maximum Gasteiger partial charge on any atom is 0.0653 e. The number of hydrogen-bond donors (Lipinski definition) is 1. The van der Waals surface area contributed by atoms with Gasteiger partial charge >= 0.3 is 0 Å². The number of rotatable bonds is 1. The molecule has 0 aliphatic heterocycles. The SMILES string of the molecule is CC(C)[C@@]12C[C@@H]1[C@@H](C)[C@](C)(O)C2. The van der Waals surface area contributed by atoms with E-state index < -0.39 is 0 Å². The first-order valence-electron chi connectivity index (χ1n) is 5.12. The van der Waals surface area contributed by atoms with Gasteiger partial charge in [-0.3, -0.25) is 0 Å². The molecule has 12 heavy (non-hydrogen) atoms. The highest BCUT2D eigenvalue weighted by Gasteiger charge is 2.68. The molecule has 1 heteroatoms. The fourth-order valence-corrected chi connectivity index (χ4v) is 3.36. The number of aliphatic hydroxyl groups is 1. The second-order valence-corrected chi connectivity index (χ2v) is 5.52. The molecule has 2 fully saturated rings. The zero-order chi connectivity index (χ0) is 9.15. The number of fused-ring (bicyclic) bond motifs is 1. The second-order valence-electron chi connectivity index (χ2n) is 5.52. The second kappa shape index (κ2) is 2.06. The smallest absolute Gasteiger partial charge is 0.0653 e. The maximum absolute atomic E-state index is 10.1. The molecule has 0 spiro atoms. The largest absolute Gasteiger partial charge is 0.390 e. The van der Waals surface area contributed by atoms with E-state index >= 15 is 0 Å². The van der Waals surface area contributed by atoms with Crippen molar-refractivity contribution in [3.05, 3.63) is 0 Å². The Hall–Kier alpha value is -0.0400. The first-order chi connectivity index (χ1) is 5.40. The fourth-order valence-electron chi connectivity index (χ4n) is 3.36. The summed E-state index contributed by atoms with van der Waals surface area (Å²) in [6.45, 7) is 8.82. The van der Waals surface area contributed by atoms with Gasteiger partial charge in [0.1, 0.15) is 0 Å². The summed E-state index contributed by atoms with van der Waals surface area (Å²) in [6, 6.07) is 0. The molecule has 0 radical (unpaired) electrons. The molecule has 0 unspecified atom stereocenters. The van der Waals surface area contributed by atoms with Gasteiger partial charge in [-0.2, -0.15) is 0 Å². The molecule has 2 aliphatic carbocycles. The van der Waals surface area contributed by atoms with Crippen molar-refractivity contribution in [2.24, 2.45) is 23.2 Å². The van der Waals surface area contributed by atoms with E-state index in [1.807, 2.05) is 6.92 Å². The van der Waals surface area contributed by atoms with Crippen molar-refractivity contribution in [3.8, 4) is 0 Å². The van der Waals surface area contributed by atoms with E-state index in [0.717, 1.165) is 18.3 Å². The van der Waals surface area contributed by atoms with Crippen LogP contribution >= 0.6 is 0 Å². The Balaban J connectivity index is 2.20. The van der Waals surface area contributed by atoms with E-state index in [1.54, 1.807) is 0 Å². The third kappa shape index (κ3) is 0.834. The van der Waals surface area contributed by atoms with Crippen LogP contribution in [0.4, 0.5) is 0 Å². The summed E-state index contributed by atoms with van der Waals surface area (Å²) >= 11 is 0. The van der Waals surface area contributed by atoms with Crippen molar-refractivity contribution in [1.29, 1.82) is 0 Å². The molecule has 70 valence electrons. The van der Waals surface area contributed by atoms with Crippen LogP contribution in [0.2, 0.25) is 0 Å². The molecule has 0 aromatic carbocycles. The molecule has 0 bridgehead atoms. The lowest BCUT2D eigenvalue weighted by molar-refractivity contribution is 0.00543. The Bertz CT molecular complexity index is 207. The van der Waals surface area contributed by atoms with Gasteiger partial charge in [0, 0.05) is 0 Å². The van der Waals surface area contributed by atoms with Crippen LogP contribution in [0.15, 0.2) is 0 Å². The van der Waals surface area contributed by atoms with E-state index in [2.05, 4.69) is 20.8 Å². The van der Waals surface area contributed by atoms with Gasteiger partial charge < -0.3 is 5.11 Å². The fraction of sp³-hybridized carbons (Fsp3) is 1.00. The van der Waals surface area contributed by atoms with Crippen LogP contribution in [0.1, 0.15) is 40.5 Å². The Morgan fingerprint density at radius 2 is 2.00 bits per heavy atom. The highest BCUT2D eigenvalue weighted by atomic mass is 16.3. The van der Waals surface area contributed by atoms with E-state index in [-0.39, 0.29) is 5.60 Å². The van der Waals surface area contributed by atoms with Gasteiger partial charge in [-0.25, -0.2) is 0 Å². The third-order valence-electron chi connectivity index (χ3n) is 4.60. The summed E-state index contributed by atoms with van der Waals surface area (Å²) < 4.78 is 0. The molecule has 0 aromatic heterocycles. The topological polar surface area (TPSA) is 20.2 Å². The Labute approximate surface area is 75.2 Å². The van der Waals surface area contributed by atoms with Crippen LogP contribution in [0.3, 0.4) is 0 Å². The molecule has 2 aliphatic rings. The quantitative estimate of drug-likeness (QED) is 0.637. The van der Waals surface area contributed by atoms with Gasteiger partial charge in [-0.1, -0.05) is 20.8 Å². The molecule has 0 aromatic rings. The highest BCUT2D eigenvalue weighted by molar-refractivity contribution is 5.17. The van der Waals surface area contributed by atoms with E-state index in [0.29, 0.717) is 11.3 Å². The van der Waals surface area contributed by atoms with Crippen molar-refractivity contribution in [2.75, 3.05) is 0 Å². The molecule has 2 rings (SSSR count). The van der Waals surface area contributed by atoms with Gasteiger partial charge in [0.25, 0.3) is 0 Å². The predicted molar refractivity (Wildman–Crippen MR) is 49.8 cm³/mol. The van der Waals surface area contributed by atoms with Gasteiger partial charge in [0.15, 0.2) is 0 Å². The molecular formula is C11H20O. The normalized spacial score (nSPS) is 57.5. The van der Waals surface area contributed by atoms with Crippen molar-refractivity contribution < 1.29 is 5.11 Å². The van der Waals surface area contributed by atoms with E-state index in [4.69, 9.17) is 0 Å². The summed E-state index contributed by atoms with van der Waals surface area (Å²) in [5, 5.41) is 10.1. The van der Waals surface area contributed by atoms with Crippen molar-refractivity contribution in [1.82, 2.24) is 0 Å². The molecular weight excluding hydrogens is 148 g/mol. The van der Waals surface area contributed by atoms with Crippen LogP contribution in [0.5, 0.6) is 0 Å². The summed E-state index contributed by atoms with van der Waals surface area (Å²) in [7, 11) is 0. The molecule has 0 saturated heterocycles. The molecule has 4 atom stereocenters. The standard InChI is InChI=1S/C11H20O/c1-7(2)11-5-9(11)8(3)10(4,12)6-11/h7-9,12H,5-6H2,1-4H3/t8-,9-,10-,11+/m1/s1. The maximum atomic E-state index is 10.1. The average Bonchev–Trinajstić information content (AvgIpc) is 2.57. The minimum atomic E-state index is -0.382.